The summed E-state index contributed by atoms with van der Waals surface area (Å²) in [6.07, 6.45) is 0. The van der Waals surface area contributed by atoms with Gasteiger partial charge in [-0.3, -0.25) is 0 Å². The molecule has 0 N–H and O–H groups in total. The second-order valence-corrected chi connectivity index (χ2v) is 6.45. The molecule has 0 aliphatic heterocycles. The number of fused-ring (bicyclic) bond motifs is 2. The van der Waals surface area contributed by atoms with E-state index in [1.165, 1.54) is 21.9 Å². The molecular formula is C25H17O+. The van der Waals surface area contributed by atoms with Crippen molar-refractivity contribution >= 4 is 21.7 Å². The topological polar surface area (TPSA) is 11.3 Å². The molecule has 1 heterocycles. The first-order valence-corrected chi connectivity index (χ1v) is 8.79. The van der Waals surface area contributed by atoms with Crippen LogP contribution in [0.15, 0.2) is 108 Å². The van der Waals surface area contributed by atoms with Crippen LogP contribution in [0, 0.1) is 0 Å². The molecule has 0 spiro atoms. The first kappa shape index (κ1) is 14.9. The molecule has 0 saturated heterocycles. The second-order valence-electron chi connectivity index (χ2n) is 6.45. The Morgan fingerprint density at radius 3 is 1.77 bits per heavy atom. The van der Waals surface area contributed by atoms with Crippen molar-refractivity contribution in [2.24, 2.45) is 0 Å². The second kappa shape index (κ2) is 6.12. The molecule has 1 nitrogen and oxygen atoms in total. The van der Waals surface area contributed by atoms with Crippen molar-refractivity contribution in [1.29, 1.82) is 0 Å². The summed E-state index contributed by atoms with van der Waals surface area (Å²) in [7, 11) is 0. The monoisotopic (exact) mass is 333 g/mol. The third-order valence-corrected chi connectivity index (χ3v) is 4.78. The van der Waals surface area contributed by atoms with Crippen LogP contribution >= 0.6 is 0 Å². The van der Waals surface area contributed by atoms with E-state index in [-0.39, 0.29) is 0 Å². The highest BCUT2D eigenvalue weighted by molar-refractivity contribution is 6.03. The zero-order chi connectivity index (χ0) is 17.3. The standard InChI is InChI=1S/C25H17O/c1-3-9-18(10-4-1)22-17-24(19-11-5-2-6-12-19)26-25-16-21-14-8-7-13-20(21)15-23(22)25/h1-17H/q+1. The predicted octanol–water partition coefficient (Wildman–Crippen LogP) is 7.20. The Morgan fingerprint density at radius 2 is 1.08 bits per heavy atom. The molecule has 0 aliphatic carbocycles. The van der Waals surface area contributed by atoms with Crippen molar-refractivity contribution in [1.82, 2.24) is 0 Å². The fraction of sp³-hybridized carbons (Fsp3) is 0. The third-order valence-electron chi connectivity index (χ3n) is 4.78. The van der Waals surface area contributed by atoms with Gasteiger partial charge in [0.05, 0.1) is 23.1 Å². The number of hydrogen-bond donors (Lipinski definition) is 0. The quantitative estimate of drug-likeness (QED) is 0.245. The van der Waals surface area contributed by atoms with Gasteiger partial charge >= 0.3 is 11.3 Å². The van der Waals surface area contributed by atoms with Crippen LogP contribution in [0.4, 0.5) is 0 Å². The molecule has 1 heteroatoms. The van der Waals surface area contributed by atoms with Crippen molar-refractivity contribution in [2.45, 2.75) is 0 Å². The van der Waals surface area contributed by atoms with Gasteiger partial charge in [-0.15, -0.1) is 0 Å². The van der Waals surface area contributed by atoms with E-state index >= 15 is 0 Å². The van der Waals surface area contributed by atoms with Crippen LogP contribution in [0.25, 0.3) is 44.2 Å². The van der Waals surface area contributed by atoms with E-state index in [9.17, 15) is 0 Å². The molecule has 0 bridgehead atoms. The van der Waals surface area contributed by atoms with Gasteiger partial charge < -0.3 is 0 Å². The van der Waals surface area contributed by atoms with Gasteiger partial charge in [0.1, 0.15) is 0 Å². The zero-order valence-electron chi connectivity index (χ0n) is 14.2. The molecule has 0 fully saturated rings. The van der Waals surface area contributed by atoms with E-state index in [4.69, 9.17) is 4.42 Å². The minimum atomic E-state index is 0.882. The normalized spacial score (nSPS) is 11.1. The third kappa shape index (κ3) is 2.55. The van der Waals surface area contributed by atoms with E-state index in [1.807, 2.05) is 24.3 Å². The smallest absolute Gasteiger partial charge is 0.207 e. The Labute approximate surface area is 152 Å². The zero-order valence-corrected chi connectivity index (χ0v) is 14.2. The van der Waals surface area contributed by atoms with Gasteiger partial charge in [0.15, 0.2) is 0 Å². The summed E-state index contributed by atoms with van der Waals surface area (Å²) < 4.78 is 6.32. The summed E-state index contributed by atoms with van der Waals surface area (Å²) >= 11 is 0. The molecule has 5 aromatic rings. The van der Waals surface area contributed by atoms with Crippen molar-refractivity contribution in [3.63, 3.8) is 0 Å². The molecule has 0 aliphatic rings. The van der Waals surface area contributed by atoms with Crippen LogP contribution in [0.5, 0.6) is 0 Å². The molecule has 0 saturated carbocycles. The molecule has 122 valence electrons. The molecule has 0 amide bonds. The Hall–Kier alpha value is -3.45. The van der Waals surface area contributed by atoms with Gasteiger partial charge in [0.25, 0.3) is 0 Å². The number of hydrogen-bond acceptors (Lipinski definition) is 0. The lowest BCUT2D eigenvalue weighted by molar-refractivity contribution is 0.621. The lowest BCUT2D eigenvalue weighted by atomic mass is 9.97. The average Bonchev–Trinajstić information content (AvgIpc) is 2.73. The van der Waals surface area contributed by atoms with Crippen molar-refractivity contribution in [2.75, 3.05) is 0 Å². The van der Waals surface area contributed by atoms with Gasteiger partial charge in [-0.2, -0.15) is 0 Å². The minimum Gasteiger partial charge on any atom is -0.207 e. The van der Waals surface area contributed by atoms with Crippen LogP contribution in [0.1, 0.15) is 0 Å². The Morgan fingerprint density at radius 1 is 0.500 bits per heavy atom. The van der Waals surface area contributed by atoms with E-state index in [2.05, 4.69) is 78.9 Å². The van der Waals surface area contributed by atoms with Gasteiger partial charge in [0.2, 0.25) is 0 Å². The fourth-order valence-electron chi connectivity index (χ4n) is 3.47. The highest BCUT2D eigenvalue weighted by atomic mass is 16.3. The maximum absolute atomic E-state index is 6.32. The summed E-state index contributed by atoms with van der Waals surface area (Å²) in [6.45, 7) is 0. The molecule has 4 aromatic carbocycles. The molecule has 0 atom stereocenters. The largest absolute Gasteiger partial charge is 0.362 e. The SMILES string of the molecule is c1ccc(-c2cc(-c3ccccc3)c3cc4ccccc4cc3[o+]2)cc1. The Bertz CT molecular complexity index is 1210. The minimum absolute atomic E-state index is 0.882. The number of rotatable bonds is 2. The molecule has 5 rings (SSSR count). The first-order valence-electron chi connectivity index (χ1n) is 8.79. The van der Waals surface area contributed by atoms with Gasteiger partial charge in [-0.05, 0) is 34.5 Å². The average molecular weight is 333 g/mol. The van der Waals surface area contributed by atoms with Crippen molar-refractivity contribution < 1.29 is 4.42 Å². The highest BCUT2D eigenvalue weighted by Gasteiger charge is 2.20. The van der Waals surface area contributed by atoms with Crippen LogP contribution < -0.4 is 0 Å². The van der Waals surface area contributed by atoms with Gasteiger partial charge in [-0.1, -0.05) is 72.8 Å². The molecular weight excluding hydrogens is 316 g/mol. The fourth-order valence-corrected chi connectivity index (χ4v) is 3.47. The van der Waals surface area contributed by atoms with Crippen molar-refractivity contribution in [3.8, 4) is 22.5 Å². The summed E-state index contributed by atoms with van der Waals surface area (Å²) in [6, 6.07) is 35.7. The Balaban J connectivity index is 1.88. The lowest BCUT2D eigenvalue weighted by Crippen LogP contribution is -1.86. The van der Waals surface area contributed by atoms with Crippen molar-refractivity contribution in [3.05, 3.63) is 103 Å². The molecule has 0 unspecified atom stereocenters. The van der Waals surface area contributed by atoms with Gasteiger partial charge in [-0.25, -0.2) is 4.42 Å². The van der Waals surface area contributed by atoms with Crippen LogP contribution in [0.2, 0.25) is 0 Å². The molecule has 1 aromatic heterocycles. The summed E-state index contributed by atoms with van der Waals surface area (Å²) in [4.78, 5) is 0. The predicted molar refractivity (Wildman–Crippen MR) is 109 cm³/mol. The lowest BCUT2D eigenvalue weighted by Gasteiger charge is -2.05. The van der Waals surface area contributed by atoms with Crippen LogP contribution in [-0.4, -0.2) is 0 Å². The maximum Gasteiger partial charge on any atom is 0.362 e. The molecule has 26 heavy (non-hydrogen) atoms. The van der Waals surface area contributed by atoms with Gasteiger partial charge in [0, 0.05) is 5.56 Å². The van der Waals surface area contributed by atoms with E-state index < -0.39 is 0 Å². The summed E-state index contributed by atoms with van der Waals surface area (Å²) in [5, 5.41) is 3.54. The maximum atomic E-state index is 6.32. The summed E-state index contributed by atoms with van der Waals surface area (Å²) in [5.41, 5.74) is 4.38. The van der Waals surface area contributed by atoms with Crippen LogP contribution in [0.3, 0.4) is 0 Å². The van der Waals surface area contributed by atoms with Crippen LogP contribution in [-0.2, 0) is 0 Å². The molecule has 0 radical (unpaired) electrons. The van der Waals surface area contributed by atoms with E-state index in [1.54, 1.807) is 0 Å². The highest BCUT2D eigenvalue weighted by Crippen LogP contribution is 2.36. The van der Waals surface area contributed by atoms with E-state index in [0.717, 1.165) is 22.3 Å². The Kier molecular flexibility index (Phi) is 3.50. The summed E-state index contributed by atoms with van der Waals surface area (Å²) in [5.74, 6) is 0.882. The first-order chi connectivity index (χ1) is 12.9. The number of benzene rings is 4. The van der Waals surface area contributed by atoms with E-state index in [0.29, 0.717) is 0 Å².